The van der Waals surface area contributed by atoms with Crippen LogP contribution < -0.4 is 0 Å². The molecule has 3 heterocycles. The smallest absolute Gasteiger partial charge is 0.160 e. The second-order valence-electron chi connectivity index (χ2n) is 3.24. The summed E-state index contributed by atoms with van der Waals surface area (Å²) in [4.78, 5) is 6.94. The molecule has 1 fully saturated rings. The summed E-state index contributed by atoms with van der Waals surface area (Å²) in [5, 5.41) is 1.20. The van der Waals surface area contributed by atoms with Gasteiger partial charge in [-0.2, -0.15) is 0 Å². The lowest BCUT2D eigenvalue weighted by molar-refractivity contribution is 0.411. The van der Waals surface area contributed by atoms with Crippen LogP contribution >= 0.6 is 11.8 Å². The third kappa shape index (κ3) is 1.16. The molecule has 68 valence electrons. The zero-order chi connectivity index (χ0) is 8.67. The van der Waals surface area contributed by atoms with Crippen LogP contribution in [0.5, 0.6) is 0 Å². The summed E-state index contributed by atoms with van der Waals surface area (Å²) in [7, 11) is 0. The number of aliphatic imine (C=N–C) groups is 1. The molecule has 3 nitrogen and oxygen atoms in total. The molecular formula is C9H10N2OS. The Morgan fingerprint density at radius 1 is 1.62 bits per heavy atom. The van der Waals surface area contributed by atoms with Crippen LogP contribution in [0.2, 0.25) is 0 Å². The SMILES string of the molecule is c1coc(C2CN3CCSC3=N2)c1. The van der Waals surface area contributed by atoms with Crippen LogP contribution in [-0.4, -0.2) is 28.9 Å². The fraction of sp³-hybridized carbons (Fsp3) is 0.444. The van der Waals surface area contributed by atoms with Gasteiger partial charge in [-0.15, -0.1) is 0 Å². The number of rotatable bonds is 1. The standard InChI is InChI=1S/C9H10N2OS/c1-2-8(12-4-1)7-6-11-3-5-13-9(11)10-7/h1-2,4,7H,3,5-6H2. The Bertz CT molecular complexity index is 333. The maximum absolute atomic E-state index is 5.34. The average molecular weight is 194 g/mol. The van der Waals surface area contributed by atoms with E-state index in [0.717, 1.165) is 18.8 Å². The Kier molecular flexibility index (Phi) is 1.62. The number of nitrogens with zero attached hydrogens (tertiary/aromatic N) is 2. The van der Waals surface area contributed by atoms with Gasteiger partial charge in [0.15, 0.2) is 5.17 Å². The molecule has 2 aliphatic rings. The lowest BCUT2D eigenvalue weighted by atomic mass is 10.2. The van der Waals surface area contributed by atoms with E-state index >= 15 is 0 Å². The molecule has 13 heavy (non-hydrogen) atoms. The minimum Gasteiger partial charge on any atom is -0.467 e. The molecule has 3 rings (SSSR count). The predicted octanol–water partition coefficient (Wildman–Crippen LogP) is 1.74. The second kappa shape index (κ2) is 2.80. The maximum Gasteiger partial charge on any atom is 0.160 e. The normalized spacial score (nSPS) is 26.3. The van der Waals surface area contributed by atoms with Crippen molar-refractivity contribution in [1.29, 1.82) is 0 Å². The van der Waals surface area contributed by atoms with E-state index < -0.39 is 0 Å². The highest BCUT2D eigenvalue weighted by Crippen LogP contribution is 2.32. The summed E-state index contributed by atoms with van der Waals surface area (Å²) < 4.78 is 5.34. The van der Waals surface area contributed by atoms with Crippen LogP contribution in [0.3, 0.4) is 0 Å². The highest BCUT2D eigenvalue weighted by Gasteiger charge is 2.31. The lowest BCUT2D eigenvalue weighted by Gasteiger charge is -2.10. The van der Waals surface area contributed by atoms with Gasteiger partial charge in [0.25, 0.3) is 0 Å². The fourth-order valence-electron chi connectivity index (χ4n) is 1.74. The van der Waals surface area contributed by atoms with E-state index in [2.05, 4.69) is 9.89 Å². The van der Waals surface area contributed by atoms with E-state index in [1.807, 2.05) is 23.9 Å². The number of fused-ring (bicyclic) bond motifs is 1. The molecule has 0 spiro atoms. The zero-order valence-corrected chi connectivity index (χ0v) is 7.96. The topological polar surface area (TPSA) is 28.7 Å². The van der Waals surface area contributed by atoms with Gasteiger partial charge in [-0.25, -0.2) is 4.99 Å². The first-order valence-electron chi connectivity index (χ1n) is 4.42. The van der Waals surface area contributed by atoms with Crippen molar-refractivity contribution in [2.75, 3.05) is 18.8 Å². The molecular weight excluding hydrogens is 184 g/mol. The van der Waals surface area contributed by atoms with E-state index in [9.17, 15) is 0 Å². The van der Waals surface area contributed by atoms with Gasteiger partial charge in [0.05, 0.1) is 6.26 Å². The number of hydrogen-bond acceptors (Lipinski definition) is 4. The summed E-state index contributed by atoms with van der Waals surface area (Å²) in [5.74, 6) is 2.17. The number of amidine groups is 1. The predicted molar refractivity (Wildman–Crippen MR) is 52.9 cm³/mol. The van der Waals surface area contributed by atoms with Gasteiger partial charge in [-0.1, -0.05) is 11.8 Å². The Morgan fingerprint density at radius 3 is 3.38 bits per heavy atom. The summed E-state index contributed by atoms with van der Waals surface area (Å²) in [6.07, 6.45) is 1.71. The summed E-state index contributed by atoms with van der Waals surface area (Å²) in [6, 6.07) is 4.16. The van der Waals surface area contributed by atoms with Crippen LogP contribution in [0.15, 0.2) is 27.8 Å². The first kappa shape index (κ1) is 7.50. The Balaban J connectivity index is 1.87. The summed E-state index contributed by atoms with van der Waals surface area (Å²) in [5.41, 5.74) is 0. The molecule has 0 amide bonds. The Labute approximate surface area is 80.8 Å². The molecule has 1 unspecified atom stereocenters. The van der Waals surface area contributed by atoms with Crippen molar-refractivity contribution < 1.29 is 4.42 Å². The molecule has 0 saturated carbocycles. The molecule has 1 saturated heterocycles. The maximum atomic E-state index is 5.34. The first-order valence-corrected chi connectivity index (χ1v) is 5.41. The molecule has 4 heteroatoms. The van der Waals surface area contributed by atoms with Gasteiger partial charge in [0, 0.05) is 18.8 Å². The van der Waals surface area contributed by atoms with Crippen molar-refractivity contribution in [1.82, 2.24) is 4.90 Å². The number of furan rings is 1. The molecule has 0 N–H and O–H groups in total. The van der Waals surface area contributed by atoms with E-state index in [1.165, 1.54) is 10.9 Å². The molecule has 1 aromatic heterocycles. The Hall–Kier alpha value is -0.900. The van der Waals surface area contributed by atoms with Gasteiger partial charge < -0.3 is 9.32 Å². The van der Waals surface area contributed by atoms with Crippen LogP contribution in [0.25, 0.3) is 0 Å². The van der Waals surface area contributed by atoms with Crippen molar-refractivity contribution in [3.05, 3.63) is 24.2 Å². The van der Waals surface area contributed by atoms with Crippen molar-refractivity contribution in [2.45, 2.75) is 6.04 Å². The largest absolute Gasteiger partial charge is 0.467 e. The third-order valence-electron chi connectivity index (χ3n) is 2.39. The van der Waals surface area contributed by atoms with Crippen LogP contribution in [-0.2, 0) is 0 Å². The van der Waals surface area contributed by atoms with Crippen LogP contribution in [0.1, 0.15) is 11.8 Å². The monoisotopic (exact) mass is 194 g/mol. The van der Waals surface area contributed by atoms with E-state index in [4.69, 9.17) is 4.42 Å². The fourth-order valence-corrected chi connectivity index (χ4v) is 2.78. The number of thioether (sulfide) groups is 1. The van der Waals surface area contributed by atoms with Crippen molar-refractivity contribution in [3.8, 4) is 0 Å². The van der Waals surface area contributed by atoms with Gasteiger partial charge in [0.1, 0.15) is 11.8 Å². The quantitative estimate of drug-likeness (QED) is 0.681. The second-order valence-corrected chi connectivity index (χ2v) is 4.30. The molecule has 0 aliphatic carbocycles. The van der Waals surface area contributed by atoms with Crippen LogP contribution in [0, 0.1) is 0 Å². The molecule has 1 aromatic rings. The van der Waals surface area contributed by atoms with Gasteiger partial charge >= 0.3 is 0 Å². The van der Waals surface area contributed by atoms with Gasteiger partial charge in [-0.3, -0.25) is 0 Å². The van der Waals surface area contributed by atoms with Crippen molar-refractivity contribution >= 4 is 16.9 Å². The first-order chi connectivity index (χ1) is 6.43. The third-order valence-corrected chi connectivity index (χ3v) is 3.40. The van der Waals surface area contributed by atoms with E-state index in [1.54, 1.807) is 6.26 Å². The van der Waals surface area contributed by atoms with Crippen molar-refractivity contribution in [2.24, 2.45) is 4.99 Å². The van der Waals surface area contributed by atoms with E-state index in [0.29, 0.717) is 0 Å². The van der Waals surface area contributed by atoms with Crippen molar-refractivity contribution in [3.63, 3.8) is 0 Å². The van der Waals surface area contributed by atoms with Gasteiger partial charge in [0.2, 0.25) is 0 Å². The minimum atomic E-state index is 0.234. The molecule has 0 radical (unpaired) electrons. The highest BCUT2D eigenvalue weighted by molar-refractivity contribution is 8.14. The van der Waals surface area contributed by atoms with Gasteiger partial charge in [-0.05, 0) is 12.1 Å². The van der Waals surface area contributed by atoms with E-state index in [-0.39, 0.29) is 6.04 Å². The molecule has 0 bridgehead atoms. The Morgan fingerprint density at radius 2 is 2.62 bits per heavy atom. The summed E-state index contributed by atoms with van der Waals surface area (Å²) >= 11 is 1.85. The highest BCUT2D eigenvalue weighted by atomic mass is 32.2. The minimum absolute atomic E-state index is 0.234. The molecule has 2 aliphatic heterocycles. The molecule has 1 atom stereocenters. The number of hydrogen-bond donors (Lipinski definition) is 0. The van der Waals surface area contributed by atoms with Crippen LogP contribution in [0.4, 0.5) is 0 Å². The lowest BCUT2D eigenvalue weighted by Crippen LogP contribution is -2.21. The zero-order valence-electron chi connectivity index (χ0n) is 7.14. The average Bonchev–Trinajstić information content (AvgIpc) is 2.78. The molecule has 0 aromatic carbocycles. The summed E-state index contributed by atoms with van der Waals surface area (Å²) in [6.45, 7) is 2.14.